The van der Waals surface area contributed by atoms with Gasteiger partial charge in [-0.1, -0.05) is 56.8 Å². The fourth-order valence-electron chi connectivity index (χ4n) is 2.41. The van der Waals surface area contributed by atoms with E-state index in [1.165, 1.54) is 0 Å². The third kappa shape index (κ3) is 5.38. The van der Waals surface area contributed by atoms with Crippen LogP contribution in [0.3, 0.4) is 0 Å². The van der Waals surface area contributed by atoms with Crippen LogP contribution >= 0.6 is 0 Å². The molecule has 1 N–H and O–H groups in total. The Labute approximate surface area is 149 Å². The highest BCUT2D eigenvalue weighted by molar-refractivity contribution is 5.93. The largest absolute Gasteiger partial charge is 0.487 e. The molecule has 1 atom stereocenters. The van der Waals surface area contributed by atoms with Gasteiger partial charge in [0, 0.05) is 0 Å². The summed E-state index contributed by atoms with van der Waals surface area (Å²) < 4.78 is 11.3. The fraction of sp³-hybridized carbons (Fsp3) is 0.286. The zero-order chi connectivity index (χ0) is 18.1. The lowest BCUT2D eigenvalue weighted by atomic mass is 9.98. The molecule has 0 aliphatic carbocycles. The van der Waals surface area contributed by atoms with E-state index in [0.717, 1.165) is 17.7 Å². The standard InChI is InChI=1S/C21H25NO3/c1-4-14-24-20-13-9-7-11-18(20)22-21(23)15-25-19-12-8-6-10-17(19)16(3)5-2/h4,6-13,16H,1,5,14-15H2,2-3H3,(H,22,23). The monoisotopic (exact) mass is 339 g/mol. The SMILES string of the molecule is C=CCOc1ccccc1NC(=O)COc1ccccc1C(C)CC. The van der Waals surface area contributed by atoms with Gasteiger partial charge in [0.2, 0.25) is 0 Å². The average molecular weight is 339 g/mol. The van der Waals surface area contributed by atoms with Gasteiger partial charge in [-0.2, -0.15) is 0 Å². The van der Waals surface area contributed by atoms with Crippen molar-refractivity contribution in [3.63, 3.8) is 0 Å². The Morgan fingerprint density at radius 1 is 1.12 bits per heavy atom. The van der Waals surface area contributed by atoms with E-state index >= 15 is 0 Å². The first-order valence-electron chi connectivity index (χ1n) is 8.50. The molecule has 0 bridgehead atoms. The van der Waals surface area contributed by atoms with Crippen LogP contribution in [-0.2, 0) is 4.79 Å². The summed E-state index contributed by atoms with van der Waals surface area (Å²) in [6.45, 7) is 8.24. The van der Waals surface area contributed by atoms with Crippen LogP contribution in [0, 0.1) is 0 Å². The predicted octanol–water partition coefficient (Wildman–Crippen LogP) is 4.78. The summed E-state index contributed by atoms with van der Waals surface area (Å²) in [4.78, 5) is 12.3. The van der Waals surface area contributed by atoms with Crippen LogP contribution in [-0.4, -0.2) is 19.1 Å². The van der Waals surface area contributed by atoms with Gasteiger partial charge in [0.15, 0.2) is 6.61 Å². The van der Waals surface area contributed by atoms with Crippen molar-refractivity contribution in [2.45, 2.75) is 26.2 Å². The Kier molecular flexibility index (Phi) is 7.08. The van der Waals surface area contributed by atoms with E-state index in [1.807, 2.05) is 36.4 Å². The van der Waals surface area contributed by atoms with Gasteiger partial charge in [-0.3, -0.25) is 4.79 Å². The number of rotatable bonds is 9. The van der Waals surface area contributed by atoms with E-state index in [9.17, 15) is 4.79 Å². The molecule has 0 saturated carbocycles. The molecular weight excluding hydrogens is 314 g/mol. The molecule has 0 radical (unpaired) electrons. The molecule has 4 nitrogen and oxygen atoms in total. The number of nitrogens with one attached hydrogen (secondary N) is 1. The Morgan fingerprint density at radius 2 is 1.80 bits per heavy atom. The van der Waals surface area contributed by atoms with Gasteiger partial charge in [-0.25, -0.2) is 0 Å². The molecular formula is C21H25NO3. The van der Waals surface area contributed by atoms with Gasteiger partial charge >= 0.3 is 0 Å². The molecule has 1 amide bonds. The minimum Gasteiger partial charge on any atom is -0.487 e. The molecule has 0 heterocycles. The first-order valence-corrected chi connectivity index (χ1v) is 8.50. The molecule has 0 aliphatic rings. The molecule has 2 aromatic rings. The Hall–Kier alpha value is -2.75. The van der Waals surface area contributed by atoms with Gasteiger partial charge in [-0.15, -0.1) is 0 Å². The van der Waals surface area contributed by atoms with E-state index < -0.39 is 0 Å². The van der Waals surface area contributed by atoms with Crippen LogP contribution in [0.1, 0.15) is 31.7 Å². The highest BCUT2D eigenvalue weighted by Gasteiger charge is 2.12. The smallest absolute Gasteiger partial charge is 0.262 e. The molecule has 25 heavy (non-hydrogen) atoms. The first-order chi connectivity index (χ1) is 12.2. The molecule has 2 aromatic carbocycles. The summed E-state index contributed by atoms with van der Waals surface area (Å²) in [6.07, 6.45) is 2.67. The summed E-state index contributed by atoms with van der Waals surface area (Å²) in [6, 6.07) is 15.1. The molecule has 0 aliphatic heterocycles. The predicted molar refractivity (Wildman–Crippen MR) is 101 cm³/mol. The number of carbonyl (C=O) groups excluding carboxylic acids is 1. The molecule has 0 saturated heterocycles. The zero-order valence-corrected chi connectivity index (χ0v) is 14.8. The van der Waals surface area contributed by atoms with Crippen molar-refractivity contribution in [3.8, 4) is 11.5 Å². The van der Waals surface area contributed by atoms with Gasteiger partial charge in [0.05, 0.1) is 5.69 Å². The van der Waals surface area contributed by atoms with Crippen LogP contribution in [0.15, 0.2) is 61.2 Å². The van der Waals surface area contributed by atoms with Gasteiger partial charge < -0.3 is 14.8 Å². The second kappa shape index (κ2) is 9.52. The van der Waals surface area contributed by atoms with Crippen molar-refractivity contribution in [2.75, 3.05) is 18.5 Å². The maximum Gasteiger partial charge on any atom is 0.262 e. The fourth-order valence-corrected chi connectivity index (χ4v) is 2.41. The number of benzene rings is 2. The van der Waals surface area contributed by atoms with Crippen LogP contribution in [0.4, 0.5) is 5.69 Å². The number of hydrogen-bond donors (Lipinski definition) is 1. The lowest BCUT2D eigenvalue weighted by Gasteiger charge is -2.16. The van der Waals surface area contributed by atoms with Crippen LogP contribution < -0.4 is 14.8 Å². The van der Waals surface area contributed by atoms with Crippen LogP contribution in [0.5, 0.6) is 11.5 Å². The topological polar surface area (TPSA) is 47.6 Å². The number of para-hydroxylation sites is 3. The number of amides is 1. The van der Waals surface area contributed by atoms with Crippen molar-refractivity contribution in [2.24, 2.45) is 0 Å². The molecule has 0 aromatic heterocycles. The van der Waals surface area contributed by atoms with E-state index in [2.05, 4.69) is 25.7 Å². The number of carbonyl (C=O) groups is 1. The maximum absolute atomic E-state index is 12.3. The third-order valence-corrected chi connectivity index (χ3v) is 3.94. The lowest BCUT2D eigenvalue weighted by Crippen LogP contribution is -2.21. The summed E-state index contributed by atoms with van der Waals surface area (Å²) in [7, 11) is 0. The summed E-state index contributed by atoms with van der Waals surface area (Å²) >= 11 is 0. The summed E-state index contributed by atoms with van der Waals surface area (Å²) in [5.41, 5.74) is 1.74. The van der Waals surface area contributed by atoms with Crippen LogP contribution in [0.25, 0.3) is 0 Å². The number of ether oxygens (including phenoxy) is 2. The van der Waals surface area contributed by atoms with E-state index in [1.54, 1.807) is 18.2 Å². The molecule has 132 valence electrons. The lowest BCUT2D eigenvalue weighted by molar-refractivity contribution is -0.118. The van der Waals surface area contributed by atoms with Crippen molar-refractivity contribution < 1.29 is 14.3 Å². The molecule has 0 spiro atoms. The Morgan fingerprint density at radius 3 is 2.52 bits per heavy atom. The summed E-state index contributed by atoms with van der Waals surface area (Å²) in [5, 5.41) is 2.83. The Balaban J connectivity index is 1.99. The average Bonchev–Trinajstić information content (AvgIpc) is 2.65. The van der Waals surface area contributed by atoms with E-state index in [0.29, 0.717) is 24.0 Å². The third-order valence-electron chi connectivity index (χ3n) is 3.94. The number of hydrogen-bond acceptors (Lipinski definition) is 3. The molecule has 1 unspecified atom stereocenters. The highest BCUT2D eigenvalue weighted by atomic mass is 16.5. The second-order valence-electron chi connectivity index (χ2n) is 5.78. The number of anilines is 1. The van der Waals surface area contributed by atoms with Gasteiger partial charge in [-0.05, 0) is 36.1 Å². The molecule has 4 heteroatoms. The minimum atomic E-state index is -0.228. The van der Waals surface area contributed by atoms with Crippen LogP contribution in [0.2, 0.25) is 0 Å². The minimum absolute atomic E-state index is 0.0523. The summed E-state index contributed by atoms with van der Waals surface area (Å²) in [5.74, 6) is 1.51. The zero-order valence-electron chi connectivity index (χ0n) is 14.8. The molecule has 2 rings (SSSR count). The van der Waals surface area contributed by atoms with Gasteiger partial charge in [0.1, 0.15) is 18.1 Å². The van der Waals surface area contributed by atoms with Crippen molar-refractivity contribution >= 4 is 11.6 Å². The quantitative estimate of drug-likeness (QED) is 0.669. The molecule has 0 fully saturated rings. The van der Waals surface area contributed by atoms with E-state index in [4.69, 9.17) is 9.47 Å². The van der Waals surface area contributed by atoms with E-state index in [-0.39, 0.29) is 12.5 Å². The Bertz CT molecular complexity index is 712. The van der Waals surface area contributed by atoms with Crippen molar-refractivity contribution in [1.82, 2.24) is 0 Å². The normalized spacial score (nSPS) is 11.4. The van der Waals surface area contributed by atoms with Crippen molar-refractivity contribution in [3.05, 3.63) is 66.7 Å². The second-order valence-corrected chi connectivity index (χ2v) is 5.78. The maximum atomic E-state index is 12.3. The van der Waals surface area contributed by atoms with Crippen molar-refractivity contribution in [1.29, 1.82) is 0 Å². The highest BCUT2D eigenvalue weighted by Crippen LogP contribution is 2.28. The van der Waals surface area contributed by atoms with Gasteiger partial charge in [0.25, 0.3) is 5.91 Å². The first kappa shape index (κ1) is 18.6.